The Morgan fingerprint density at radius 3 is 2.67 bits per heavy atom. The van der Waals surface area contributed by atoms with E-state index in [2.05, 4.69) is 15.5 Å². The Bertz CT molecular complexity index is 599. The summed E-state index contributed by atoms with van der Waals surface area (Å²) in [4.78, 5) is 11.8. The molecule has 2 rings (SSSR count). The molecule has 112 valence electrons. The lowest BCUT2D eigenvalue weighted by molar-refractivity contribution is -0.113. The molecule has 4 nitrogen and oxygen atoms in total. The van der Waals surface area contributed by atoms with Gasteiger partial charge in [0.1, 0.15) is 10.8 Å². The van der Waals surface area contributed by atoms with Gasteiger partial charge in [-0.25, -0.2) is 4.39 Å². The molecule has 0 fully saturated rings. The van der Waals surface area contributed by atoms with Gasteiger partial charge < -0.3 is 0 Å². The van der Waals surface area contributed by atoms with Crippen molar-refractivity contribution in [1.29, 1.82) is 0 Å². The lowest BCUT2D eigenvalue weighted by Gasteiger charge is -2.02. The van der Waals surface area contributed by atoms with Gasteiger partial charge in [0.25, 0.3) is 0 Å². The van der Waals surface area contributed by atoms with E-state index in [-0.39, 0.29) is 11.7 Å². The van der Waals surface area contributed by atoms with E-state index < -0.39 is 0 Å². The van der Waals surface area contributed by atoms with Gasteiger partial charge in [-0.1, -0.05) is 37.3 Å². The van der Waals surface area contributed by atoms with Gasteiger partial charge >= 0.3 is 0 Å². The highest BCUT2D eigenvalue weighted by Gasteiger charge is 2.10. The second kappa shape index (κ2) is 7.51. The summed E-state index contributed by atoms with van der Waals surface area (Å²) in [5.74, 6) is 0.947. The molecule has 0 atom stereocenters. The Kier molecular flexibility index (Phi) is 5.69. The highest BCUT2D eigenvalue weighted by atomic mass is 32.2. The van der Waals surface area contributed by atoms with Gasteiger partial charge in [0, 0.05) is 11.7 Å². The first-order chi connectivity index (χ1) is 10.0. The monoisotopic (exact) mass is 325 g/mol. The topological polar surface area (TPSA) is 54.9 Å². The third-order valence-electron chi connectivity index (χ3n) is 2.60. The molecule has 7 heteroatoms. The van der Waals surface area contributed by atoms with Crippen LogP contribution in [0.2, 0.25) is 0 Å². The molecule has 0 aliphatic rings. The molecule has 1 aromatic heterocycles. The molecule has 0 saturated carbocycles. The standard InChI is InChI=1S/C14H16FN3OS2/c1-9(2)13-17-18-14(21-13)16-12(19)8-20-7-10-3-5-11(15)6-4-10/h3-6,9H,7-8H2,1-2H3,(H,16,18,19). The van der Waals surface area contributed by atoms with Crippen LogP contribution in [0.5, 0.6) is 0 Å². The number of aromatic nitrogens is 2. The highest BCUT2D eigenvalue weighted by molar-refractivity contribution is 7.99. The number of anilines is 1. The van der Waals surface area contributed by atoms with E-state index in [4.69, 9.17) is 0 Å². The summed E-state index contributed by atoms with van der Waals surface area (Å²) in [5.41, 5.74) is 0.993. The maximum Gasteiger partial charge on any atom is 0.236 e. The SMILES string of the molecule is CC(C)c1nnc(NC(=O)CSCc2ccc(F)cc2)s1. The van der Waals surface area contributed by atoms with Crippen LogP contribution < -0.4 is 5.32 Å². The molecule has 1 heterocycles. The average molecular weight is 325 g/mol. The molecule has 0 unspecified atom stereocenters. The molecule has 2 aromatic rings. The van der Waals surface area contributed by atoms with E-state index in [1.807, 2.05) is 13.8 Å². The molecule has 0 radical (unpaired) electrons. The van der Waals surface area contributed by atoms with Crippen molar-refractivity contribution in [3.05, 3.63) is 40.7 Å². The minimum atomic E-state index is -0.251. The molecule has 0 aliphatic heterocycles. The average Bonchev–Trinajstić information content (AvgIpc) is 2.90. The first-order valence-corrected chi connectivity index (χ1v) is 8.47. The largest absolute Gasteiger partial charge is 0.300 e. The Labute approximate surface area is 131 Å². The molecule has 0 bridgehead atoms. The Morgan fingerprint density at radius 2 is 2.05 bits per heavy atom. The smallest absolute Gasteiger partial charge is 0.236 e. The summed E-state index contributed by atoms with van der Waals surface area (Å²) < 4.78 is 12.8. The van der Waals surface area contributed by atoms with Crippen LogP contribution in [0, 0.1) is 5.82 Å². The summed E-state index contributed by atoms with van der Waals surface area (Å²) in [6.45, 7) is 4.06. The van der Waals surface area contributed by atoms with Crippen LogP contribution in [0.4, 0.5) is 9.52 Å². The van der Waals surface area contributed by atoms with E-state index in [1.165, 1.54) is 35.2 Å². The van der Waals surface area contributed by atoms with Crippen molar-refractivity contribution in [2.24, 2.45) is 0 Å². The Balaban J connectivity index is 1.75. The zero-order valence-corrected chi connectivity index (χ0v) is 13.4. The zero-order chi connectivity index (χ0) is 15.2. The van der Waals surface area contributed by atoms with E-state index in [1.54, 1.807) is 12.1 Å². The van der Waals surface area contributed by atoms with Crippen LogP contribution in [-0.4, -0.2) is 21.9 Å². The van der Waals surface area contributed by atoms with Gasteiger partial charge in [0.05, 0.1) is 5.75 Å². The van der Waals surface area contributed by atoms with Crippen molar-refractivity contribution in [1.82, 2.24) is 10.2 Å². The number of thioether (sulfide) groups is 1. The third kappa shape index (κ3) is 5.09. The molecule has 0 spiro atoms. The fourth-order valence-electron chi connectivity index (χ4n) is 1.52. The minimum Gasteiger partial charge on any atom is -0.300 e. The Morgan fingerprint density at radius 1 is 1.33 bits per heavy atom. The van der Waals surface area contributed by atoms with Crippen molar-refractivity contribution in [2.75, 3.05) is 11.1 Å². The number of hydrogen-bond donors (Lipinski definition) is 1. The number of amides is 1. The molecular weight excluding hydrogens is 309 g/mol. The summed E-state index contributed by atoms with van der Waals surface area (Å²) in [6, 6.07) is 6.29. The third-order valence-corrected chi connectivity index (χ3v) is 4.74. The quantitative estimate of drug-likeness (QED) is 0.880. The predicted molar refractivity (Wildman–Crippen MR) is 85.2 cm³/mol. The molecule has 0 aliphatic carbocycles. The fraction of sp³-hybridized carbons (Fsp3) is 0.357. The summed E-state index contributed by atoms with van der Waals surface area (Å²) in [6.07, 6.45) is 0. The van der Waals surface area contributed by atoms with Gasteiger partial charge in [-0.15, -0.1) is 22.0 Å². The number of carbonyl (C=O) groups excluding carboxylic acids is 1. The van der Waals surface area contributed by atoms with Crippen LogP contribution in [0.3, 0.4) is 0 Å². The predicted octanol–water partition coefficient (Wildman–Crippen LogP) is 3.67. The molecule has 1 aromatic carbocycles. The van der Waals surface area contributed by atoms with Gasteiger partial charge in [0.15, 0.2) is 0 Å². The first kappa shape index (κ1) is 15.9. The van der Waals surface area contributed by atoms with Gasteiger partial charge in [-0.3, -0.25) is 10.1 Å². The minimum absolute atomic E-state index is 0.103. The van der Waals surface area contributed by atoms with E-state index in [9.17, 15) is 9.18 Å². The normalized spacial score (nSPS) is 10.9. The number of halogens is 1. The Hall–Kier alpha value is -1.47. The number of hydrogen-bond acceptors (Lipinski definition) is 5. The van der Waals surface area contributed by atoms with E-state index in [0.29, 0.717) is 22.6 Å². The second-order valence-electron chi connectivity index (χ2n) is 4.77. The number of rotatable bonds is 6. The van der Waals surface area contributed by atoms with Crippen molar-refractivity contribution in [2.45, 2.75) is 25.5 Å². The maximum atomic E-state index is 12.8. The van der Waals surface area contributed by atoms with Crippen LogP contribution in [0.25, 0.3) is 0 Å². The summed E-state index contributed by atoms with van der Waals surface area (Å²) in [5, 5.41) is 12.1. The fourth-order valence-corrected chi connectivity index (χ4v) is 3.07. The second-order valence-corrected chi connectivity index (χ2v) is 6.76. The number of nitrogens with one attached hydrogen (secondary N) is 1. The van der Waals surface area contributed by atoms with E-state index in [0.717, 1.165) is 10.6 Å². The lowest BCUT2D eigenvalue weighted by Crippen LogP contribution is -2.13. The van der Waals surface area contributed by atoms with Crippen LogP contribution in [0.15, 0.2) is 24.3 Å². The van der Waals surface area contributed by atoms with Crippen LogP contribution >= 0.6 is 23.1 Å². The van der Waals surface area contributed by atoms with Crippen molar-refractivity contribution in [3.63, 3.8) is 0 Å². The van der Waals surface area contributed by atoms with Crippen molar-refractivity contribution < 1.29 is 9.18 Å². The van der Waals surface area contributed by atoms with Crippen molar-refractivity contribution in [3.8, 4) is 0 Å². The number of nitrogens with zero attached hydrogens (tertiary/aromatic N) is 2. The lowest BCUT2D eigenvalue weighted by atomic mass is 10.2. The summed E-state index contributed by atoms with van der Waals surface area (Å²) >= 11 is 2.87. The first-order valence-electron chi connectivity index (χ1n) is 6.50. The number of benzene rings is 1. The molecule has 1 N–H and O–H groups in total. The molecule has 0 saturated heterocycles. The summed E-state index contributed by atoms with van der Waals surface area (Å²) in [7, 11) is 0. The van der Waals surface area contributed by atoms with Gasteiger partial charge in [0.2, 0.25) is 11.0 Å². The van der Waals surface area contributed by atoms with Crippen molar-refractivity contribution >= 4 is 34.1 Å². The van der Waals surface area contributed by atoms with Gasteiger partial charge in [-0.05, 0) is 17.7 Å². The number of carbonyl (C=O) groups is 1. The molecule has 21 heavy (non-hydrogen) atoms. The maximum absolute atomic E-state index is 12.8. The molecule has 1 amide bonds. The van der Waals surface area contributed by atoms with Crippen LogP contribution in [0.1, 0.15) is 30.3 Å². The highest BCUT2D eigenvalue weighted by Crippen LogP contribution is 2.22. The molecular formula is C14H16FN3OS2. The van der Waals surface area contributed by atoms with Crippen LogP contribution in [-0.2, 0) is 10.5 Å². The van der Waals surface area contributed by atoms with E-state index >= 15 is 0 Å². The zero-order valence-electron chi connectivity index (χ0n) is 11.8. The van der Waals surface area contributed by atoms with Gasteiger partial charge in [-0.2, -0.15) is 0 Å².